The molecule has 0 aliphatic rings. The van der Waals surface area contributed by atoms with Crippen molar-refractivity contribution in [1.29, 1.82) is 0 Å². The van der Waals surface area contributed by atoms with Crippen molar-refractivity contribution < 1.29 is 23.7 Å². The first kappa shape index (κ1) is 9.75. The Morgan fingerprint density at radius 2 is 1.92 bits per heavy atom. The standard InChI is InChI=1S/C6H6F2N2O3/c7-6(8)13-4-2-9-3(1-10-4)5(11)12/h1-2,5-6,11-12H. The second-order valence-corrected chi connectivity index (χ2v) is 2.03. The highest BCUT2D eigenvalue weighted by Gasteiger charge is 2.08. The lowest BCUT2D eigenvalue weighted by atomic mass is 10.4. The molecule has 1 rings (SSSR count). The molecular formula is C6H6F2N2O3. The number of aromatic nitrogens is 2. The van der Waals surface area contributed by atoms with Crippen LogP contribution in [-0.4, -0.2) is 26.8 Å². The molecule has 0 saturated heterocycles. The van der Waals surface area contributed by atoms with Gasteiger partial charge in [-0.1, -0.05) is 0 Å². The molecule has 2 N–H and O–H groups in total. The van der Waals surface area contributed by atoms with Gasteiger partial charge in [-0.25, -0.2) is 9.97 Å². The topological polar surface area (TPSA) is 75.5 Å². The molecule has 1 aromatic rings. The van der Waals surface area contributed by atoms with Gasteiger partial charge < -0.3 is 14.9 Å². The van der Waals surface area contributed by atoms with E-state index in [1.54, 1.807) is 0 Å². The highest BCUT2D eigenvalue weighted by molar-refractivity contribution is 5.07. The summed E-state index contributed by atoms with van der Waals surface area (Å²) in [7, 11) is 0. The highest BCUT2D eigenvalue weighted by Crippen LogP contribution is 2.10. The fourth-order valence-electron chi connectivity index (χ4n) is 0.612. The van der Waals surface area contributed by atoms with E-state index in [2.05, 4.69) is 14.7 Å². The van der Waals surface area contributed by atoms with Crippen LogP contribution in [0.5, 0.6) is 5.88 Å². The molecule has 1 heterocycles. The van der Waals surface area contributed by atoms with Gasteiger partial charge in [-0.05, 0) is 0 Å². The van der Waals surface area contributed by atoms with Crippen LogP contribution in [0, 0.1) is 0 Å². The zero-order valence-electron chi connectivity index (χ0n) is 6.26. The van der Waals surface area contributed by atoms with Crippen molar-refractivity contribution in [3.8, 4) is 5.88 Å². The molecular weight excluding hydrogens is 186 g/mol. The van der Waals surface area contributed by atoms with E-state index in [9.17, 15) is 8.78 Å². The lowest BCUT2D eigenvalue weighted by molar-refractivity contribution is -0.0546. The van der Waals surface area contributed by atoms with Crippen LogP contribution in [0.2, 0.25) is 0 Å². The summed E-state index contributed by atoms with van der Waals surface area (Å²) in [4.78, 5) is 6.77. The first-order valence-corrected chi connectivity index (χ1v) is 3.22. The average Bonchev–Trinajstić information content (AvgIpc) is 2.04. The Morgan fingerprint density at radius 1 is 1.23 bits per heavy atom. The van der Waals surface area contributed by atoms with Gasteiger partial charge in [-0.3, -0.25) is 0 Å². The molecule has 1 aromatic heterocycles. The summed E-state index contributed by atoms with van der Waals surface area (Å²) in [6.07, 6.45) is 0.0386. The number of aliphatic hydroxyl groups excluding tert-OH is 1. The number of aliphatic hydroxyl groups is 2. The molecule has 0 amide bonds. The molecule has 0 aliphatic carbocycles. The minimum Gasteiger partial charge on any atom is -0.415 e. The Hall–Kier alpha value is -1.34. The minimum absolute atomic E-state index is 0.137. The molecule has 0 aromatic carbocycles. The summed E-state index contributed by atoms with van der Waals surface area (Å²) in [5.41, 5.74) is -0.137. The van der Waals surface area contributed by atoms with Gasteiger partial charge in [0, 0.05) is 0 Å². The Bertz CT molecular complexity index is 265. The highest BCUT2D eigenvalue weighted by atomic mass is 19.3. The predicted molar refractivity (Wildman–Crippen MR) is 35.8 cm³/mol. The molecule has 0 unspecified atom stereocenters. The molecule has 0 atom stereocenters. The summed E-state index contributed by atoms with van der Waals surface area (Å²) >= 11 is 0. The minimum atomic E-state index is -2.97. The molecule has 0 spiro atoms. The van der Waals surface area contributed by atoms with E-state index in [0.29, 0.717) is 0 Å². The zero-order valence-corrected chi connectivity index (χ0v) is 6.26. The fourth-order valence-corrected chi connectivity index (χ4v) is 0.612. The first-order chi connectivity index (χ1) is 6.09. The summed E-state index contributed by atoms with van der Waals surface area (Å²) in [5, 5.41) is 17.1. The quantitative estimate of drug-likeness (QED) is 0.662. The third kappa shape index (κ3) is 2.88. The summed E-state index contributed by atoms with van der Waals surface area (Å²) in [5.74, 6) is -0.376. The van der Waals surface area contributed by atoms with E-state index in [-0.39, 0.29) is 11.6 Å². The van der Waals surface area contributed by atoms with Gasteiger partial charge in [-0.15, -0.1) is 0 Å². The molecule has 0 bridgehead atoms. The van der Waals surface area contributed by atoms with Crippen LogP contribution >= 0.6 is 0 Å². The van der Waals surface area contributed by atoms with Crippen molar-refractivity contribution in [2.45, 2.75) is 12.9 Å². The van der Waals surface area contributed by atoms with Crippen LogP contribution in [0.25, 0.3) is 0 Å². The van der Waals surface area contributed by atoms with Crippen molar-refractivity contribution >= 4 is 0 Å². The third-order valence-corrected chi connectivity index (χ3v) is 1.12. The number of rotatable bonds is 3. The summed E-state index contributed by atoms with van der Waals surface area (Å²) in [6, 6.07) is 0. The van der Waals surface area contributed by atoms with E-state index >= 15 is 0 Å². The van der Waals surface area contributed by atoms with Crippen LogP contribution < -0.4 is 4.74 Å². The molecule has 0 fully saturated rings. The second-order valence-electron chi connectivity index (χ2n) is 2.03. The maximum Gasteiger partial charge on any atom is 0.388 e. The molecule has 13 heavy (non-hydrogen) atoms. The van der Waals surface area contributed by atoms with Crippen LogP contribution in [0.4, 0.5) is 8.78 Å². The number of halogens is 2. The van der Waals surface area contributed by atoms with Gasteiger partial charge in [-0.2, -0.15) is 8.78 Å². The fraction of sp³-hybridized carbons (Fsp3) is 0.333. The Morgan fingerprint density at radius 3 is 2.31 bits per heavy atom. The second kappa shape index (κ2) is 4.06. The normalized spacial score (nSPS) is 10.9. The number of hydrogen-bond acceptors (Lipinski definition) is 5. The van der Waals surface area contributed by atoms with Gasteiger partial charge in [0.1, 0.15) is 5.69 Å². The molecule has 7 heteroatoms. The van der Waals surface area contributed by atoms with Crippen molar-refractivity contribution in [2.75, 3.05) is 0 Å². The monoisotopic (exact) mass is 192 g/mol. The SMILES string of the molecule is OC(O)c1cnc(OC(F)F)cn1. The van der Waals surface area contributed by atoms with Crippen LogP contribution in [-0.2, 0) is 0 Å². The summed E-state index contributed by atoms with van der Waals surface area (Å²) in [6.45, 7) is -2.97. The largest absolute Gasteiger partial charge is 0.415 e. The lowest BCUT2D eigenvalue weighted by Gasteiger charge is -2.04. The smallest absolute Gasteiger partial charge is 0.388 e. The van der Waals surface area contributed by atoms with Crippen molar-refractivity contribution in [1.82, 2.24) is 9.97 Å². The van der Waals surface area contributed by atoms with Crippen molar-refractivity contribution in [2.24, 2.45) is 0 Å². The van der Waals surface area contributed by atoms with Gasteiger partial charge in [0.05, 0.1) is 12.4 Å². The predicted octanol–water partition coefficient (Wildman–Crippen LogP) is 0.0612. The van der Waals surface area contributed by atoms with E-state index < -0.39 is 12.9 Å². The van der Waals surface area contributed by atoms with Crippen molar-refractivity contribution in [3.05, 3.63) is 18.1 Å². The van der Waals surface area contributed by atoms with Crippen LogP contribution in [0.3, 0.4) is 0 Å². The molecule has 0 radical (unpaired) electrons. The molecule has 0 saturated carbocycles. The molecule has 5 nitrogen and oxygen atoms in total. The number of nitrogens with zero attached hydrogens (tertiary/aromatic N) is 2. The third-order valence-electron chi connectivity index (χ3n) is 1.12. The Kier molecular flexibility index (Phi) is 3.04. The molecule has 72 valence electrons. The van der Waals surface area contributed by atoms with Gasteiger partial charge in [0.15, 0.2) is 6.29 Å². The molecule has 0 aliphatic heterocycles. The van der Waals surface area contributed by atoms with Gasteiger partial charge in [0.25, 0.3) is 0 Å². The van der Waals surface area contributed by atoms with Crippen LogP contribution in [0.1, 0.15) is 12.0 Å². The van der Waals surface area contributed by atoms with Crippen molar-refractivity contribution in [3.63, 3.8) is 0 Å². The Labute approximate surface area is 71.6 Å². The number of hydrogen-bond donors (Lipinski definition) is 2. The van der Waals surface area contributed by atoms with Gasteiger partial charge in [0.2, 0.25) is 5.88 Å². The maximum absolute atomic E-state index is 11.6. The lowest BCUT2D eigenvalue weighted by Crippen LogP contribution is -2.05. The van der Waals surface area contributed by atoms with E-state index in [1.807, 2.05) is 0 Å². The van der Waals surface area contributed by atoms with E-state index in [0.717, 1.165) is 12.4 Å². The zero-order chi connectivity index (χ0) is 9.84. The van der Waals surface area contributed by atoms with Crippen LogP contribution in [0.15, 0.2) is 12.4 Å². The first-order valence-electron chi connectivity index (χ1n) is 3.22. The van der Waals surface area contributed by atoms with Gasteiger partial charge >= 0.3 is 6.61 Å². The summed E-state index contributed by atoms with van der Waals surface area (Å²) < 4.78 is 27.1. The van der Waals surface area contributed by atoms with E-state index in [1.165, 1.54) is 0 Å². The van der Waals surface area contributed by atoms with E-state index in [4.69, 9.17) is 10.2 Å². The number of alkyl halides is 2. The Balaban J connectivity index is 2.70. The average molecular weight is 192 g/mol. The maximum atomic E-state index is 11.6. The number of ether oxygens (including phenoxy) is 1.